The quantitative estimate of drug-likeness (QED) is 0.602. The van der Waals surface area contributed by atoms with Crippen molar-refractivity contribution >= 4 is 23.2 Å². The molecule has 4 heteroatoms. The third-order valence-electron chi connectivity index (χ3n) is 0.695. The van der Waals surface area contributed by atoms with Crippen LogP contribution in [0.3, 0.4) is 0 Å². The van der Waals surface area contributed by atoms with Crippen LogP contribution in [0.25, 0.3) is 0 Å². The van der Waals surface area contributed by atoms with Gasteiger partial charge < -0.3 is 10.4 Å². The van der Waals surface area contributed by atoms with Gasteiger partial charge in [0.25, 0.3) is 0 Å². The van der Waals surface area contributed by atoms with Crippen LogP contribution in [0.1, 0.15) is 0 Å². The fraction of sp³-hybridized carbons (Fsp3) is 0. The van der Waals surface area contributed by atoms with Gasteiger partial charge in [0, 0.05) is 18.6 Å². The smallest absolute Gasteiger partial charge is 0.149 e. The van der Waals surface area contributed by atoms with Gasteiger partial charge in [0.2, 0.25) is 0 Å². The number of aliphatic imine (C=N–C) groups is 1. The van der Waals surface area contributed by atoms with E-state index in [4.69, 9.17) is 5.11 Å². The van der Waals surface area contributed by atoms with Gasteiger partial charge in [-0.2, -0.15) is 0 Å². The van der Waals surface area contributed by atoms with Crippen molar-refractivity contribution in [2.24, 2.45) is 4.99 Å². The summed E-state index contributed by atoms with van der Waals surface area (Å²) in [6.07, 6.45) is 5.99. The predicted octanol–water partition coefficient (Wildman–Crippen LogP) is 1.11. The molecule has 1 rings (SSSR count). The number of nitrogens with one attached hydrogen (secondary N) is 1. The summed E-state index contributed by atoms with van der Waals surface area (Å²) >= 11 is 0. The Balaban J connectivity index is 0.000000640. The molecule has 0 fully saturated rings. The van der Waals surface area contributed by atoms with Gasteiger partial charge in [0.1, 0.15) is 5.76 Å². The standard InChI is InChI=1S/C5H6N2O.BrH/c8-5-3-6-1-2-7-4-5;/h1-4,6,8H;1H. The first-order valence-corrected chi connectivity index (χ1v) is 2.23. The van der Waals surface area contributed by atoms with Crippen LogP contribution in [0.4, 0.5) is 0 Å². The summed E-state index contributed by atoms with van der Waals surface area (Å²) in [4.78, 5) is 3.67. The minimum atomic E-state index is 0. The van der Waals surface area contributed by atoms with Gasteiger partial charge in [0.15, 0.2) is 0 Å². The molecule has 1 aliphatic heterocycles. The molecule has 50 valence electrons. The highest BCUT2D eigenvalue weighted by molar-refractivity contribution is 8.93. The highest BCUT2D eigenvalue weighted by Gasteiger charge is 1.83. The van der Waals surface area contributed by atoms with Gasteiger partial charge in [-0.1, -0.05) is 0 Å². The van der Waals surface area contributed by atoms with Gasteiger partial charge in [-0.05, 0) is 0 Å². The topological polar surface area (TPSA) is 44.6 Å². The largest absolute Gasteiger partial charge is 0.505 e. The number of hydrogen-bond acceptors (Lipinski definition) is 3. The zero-order valence-electron chi connectivity index (χ0n) is 4.61. The normalized spacial score (nSPS) is 14.9. The summed E-state index contributed by atoms with van der Waals surface area (Å²) in [6.45, 7) is 0. The molecule has 1 heterocycles. The van der Waals surface area contributed by atoms with Crippen LogP contribution in [0.5, 0.6) is 0 Å². The van der Waals surface area contributed by atoms with Crippen molar-refractivity contribution in [3.05, 3.63) is 24.4 Å². The Morgan fingerprint density at radius 3 is 3.11 bits per heavy atom. The van der Waals surface area contributed by atoms with E-state index in [1.165, 1.54) is 12.4 Å². The van der Waals surface area contributed by atoms with Crippen LogP contribution < -0.4 is 5.32 Å². The Hall–Kier alpha value is -0.770. The van der Waals surface area contributed by atoms with Crippen molar-refractivity contribution in [3.63, 3.8) is 0 Å². The van der Waals surface area contributed by atoms with E-state index in [2.05, 4.69) is 10.3 Å². The maximum atomic E-state index is 8.70. The number of nitrogens with zero attached hydrogens (tertiary/aromatic N) is 1. The maximum Gasteiger partial charge on any atom is 0.149 e. The molecule has 3 nitrogen and oxygen atoms in total. The summed E-state index contributed by atoms with van der Waals surface area (Å²) in [5, 5.41) is 11.4. The summed E-state index contributed by atoms with van der Waals surface area (Å²) < 4.78 is 0. The number of hydrogen-bond donors (Lipinski definition) is 2. The molecule has 0 radical (unpaired) electrons. The summed E-state index contributed by atoms with van der Waals surface area (Å²) in [6, 6.07) is 0. The van der Waals surface area contributed by atoms with Gasteiger partial charge in [-0.15, -0.1) is 17.0 Å². The minimum Gasteiger partial charge on any atom is -0.505 e. The third kappa shape index (κ3) is 2.92. The Labute approximate surface area is 63.6 Å². The van der Waals surface area contributed by atoms with Crippen molar-refractivity contribution < 1.29 is 5.11 Å². The highest BCUT2D eigenvalue weighted by atomic mass is 79.9. The van der Waals surface area contributed by atoms with E-state index in [1.807, 2.05) is 0 Å². The maximum absolute atomic E-state index is 8.70. The molecule has 0 aromatic rings. The second-order valence-electron chi connectivity index (χ2n) is 1.33. The number of halogens is 1. The lowest BCUT2D eigenvalue weighted by molar-refractivity contribution is 0.443. The van der Waals surface area contributed by atoms with Crippen molar-refractivity contribution in [2.75, 3.05) is 0 Å². The summed E-state index contributed by atoms with van der Waals surface area (Å²) in [5.41, 5.74) is 0. The van der Waals surface area contributed by atoms with Gasteiger partial charge in [0.05, 0.1) is 6.21 Å². The molecule has 0 bridgehead atoms. The van der Waals surface area contributed by atoms with Crippen molar-refractivity contribution in [2.45, 2.75) is 0 Å². The van der Waals surface area contributed by atoms with E-state index < -0.39 is 0 Å². The SMILES string of the molecule is Br.OC1=CNC=CN=C1. The minimum absolute atomic E-state index is 0. The Morgan fingerprint density at radius 2 is 2.33 bits per heavy atom. The molecular formula is C5H7BrN2O. The average molecular weight is 191 g/mol. The third-order valence-corrected chi connectivity index (χ3v) is 0.695. The molecule has 0 saturated heterocycles. The highest BCUT2D eigenvalue weighted by Crippen LogP contribution is 1.84. The molecule has 0 spiro atoms. The fourth-order valence-corrected chi connectivity index (χ4v) is 0.376. The lowest BCUT2D eigenvalue weighted by Gasteiger charge is -1.84. The fourth-order valence-electron chi connectivity index (χ4n) is 0.376. The molecular weight excluding hydrogens is 184 g/mol. The second kappa shape index (κ2) is 4.14. The molecule has 0 aromatic carbocycles. The van der Waals surface area contributed by atoms with E-state index in [9.17, 15) is 0 Å². The van der Waals surface area contributed by atoms with E-state index >= 15 is 0 Å². The molecule has 0 amide bonds. The van der Waals surface area contributed by atoms with Crippen molar-refractivity contribution in [1.82, 2.24) is 5.32 Å². The molecule has 1 aliphatic rings. The molecule has 0 saturated carbocycles. The molecule has 0 atom stereocenters. The first-order valence-electron chi connectivity index (χ1n) is 2.23. The van der Waals surface area contributed by atoms with Crippen LogP contribution in [-0.4, -0.2) is 11.3 Å². The second-order valence-corrected chi connectivity index (χ2v) is 1.33. The first kappa shape index (κ1) is 8.23. The molecule has 0 unspecified atom stereocenters. The lowest BCUT2D eigenvalue weighted by atomic mass is 10.6. The van der Waals surface area contributed by atoms with Crippen LogP contribution in [0.15, 0.2) is 29.4 Å². The Morgan fingerprint density at radius 1 is 1.56 bits per heavy atom. The molecule has 0 aromatic heterocycles. The van der Waals surface area contributed by atoms with E-state index in [-0.39, 0.29) is 22.7 Å². The first-order chi connectivity index (χ1) is 3.89. The Kier molecular flexibility index (Phi) is 3.79. The lowest BCUT2D eigenvalue weighted by Crippen LogP contribution is -1.92. The number of allylic oxidation sites excluding steroid dienone is 1. The summed E-state index contributed by atoms with van der Waals surface area (Å²) in [5.74, 6) is 0.134. The Bertz CT molecular complexity index is 160. The predicted molar refractivity (Wildman–Crippen MR) is 41.8 cm³/mol. The number of aliphatic hydroxyl groups is 1. The van der Waals surface area contributed by atoms with E-state index in [0.29, 0.717) is 0 Å². The van der Waals surface area contributed by atoms with E-state index in [0.717, 1.165) is 0 Å². The van der Waals surface area contributed by atoms with Gasteiger partial charge in [-0.25, -0.2) is 0 Å². The van der Waals surface area contributed by atoms with Crippen molar-refractivity contribution in [3.8, 4) is 0 Å². The van der Waals surface area contributed by atoms with Crippen LogP contribution in [-0.2, 0) is 0 Å². The van der Waals surface area contributed by atoms with Gasteiger partial charge in [-0.3, -0.25) is 4.99 Å². The number of aliphatic hydroxyl groups excluding tert-OH is 1. The van der Waals surface area contributed by atoms with Crippen LogP contribution in [0.2, 0.25) is 0 Å². The van der Waals surface area contributed by atoms with Gasteiger partial charge >= 0.3 is 0 Å². The zero-order chi connectivity index (χ0) is 5.82. The number of rotatable bonds is 0. The molecule has 0 aliphatic carbocycles. The summed E-state index contributed by atoms with van der Waals surface area (Å²) in [7, 11) is 0. The molecule has 2 N–H and O–H groups in total. The van der Waals surface area contributed by atoms with Crippen molar-refractivity contribution in [1.29, 1.82) is 0 Å². The van der Waals surface area contributed by atoms with E-state index in [1.54, 1.807) is 12.4 Å². The van der Waals surface area contributed by atoms with Crippen LogP contribution in [0, 0.1) is 0 Å². The zero-order valence-corrected chi connectivity index (χ0v) is 6.33. The monoisotopic (exact) mass is 190 g/mol. The molecule has 9 heavy (non-hydrogen) atoms. The average Bonchev–Trinajstić information content (AvgIpc) is 1.94. The van der Waals surface area contributed by atoms with Crippen LogP contribution >= 0.6 is 17.0 Å².